The molecule has 0 bridgehead atoms. The van der Waals surface area contributed by atoms with E-state index in [9.17, 15) is 5.11 Å². The fourth-order valence-corrected chi connectivity index (χ4v) is 2.47. The quantitative estimate of drug-likeness (QED) is 0.765. The van der Waals surface area contributed by atoms with Crippen LogP contribution in [0, 0.1) is 5.41 Å². The zero-order valence-corrected chi connectivity index (χ0v) is 8.89. The van der Waals surface area contributed by atoms with Crippen molar-refractivity contribution in [2.24, 2.45) is 5.41 Å². The van der Waals surface area contributed by atoms with E-state index in [0.29, 0.717) is 0 Å². The standard InChI is InChI=1S/C9H15N3OS/c13-7-9(2-1-3-10-6-9)4-8-5-14-12-11-8/h5,10,13H,1-4,6-7H2. The predicted octanol–water partition coefficient (Wildman–Crippen LogP) is 0.443. The third kappa shape index (κ3) is 2.10. The van der Waals surface area contributed by atoms with Gasteiger partial charge in [0, 0.05) is 23.8 Å². The van der Waals surface area contributed by atoms with Gasteiger partial charge in [-0.1, -0.05) is 4.49 Å². The molecule has 0 aliphatic carbocycles. The number of aromatic nitrogens is 2. The Hall–Kier alpha value is -0.520. The first-order valence-corrected chi connectivity index (χ1v) is 5.76. The van der Waals surface area contributed by atoms with Crippen molar-refractivity contribution >= 4 is 11.5 Å². The van der Waals surface area contributed by atoms with Crippen molar-refractivity contribution in [3.05, 3.63) is 11.1 Å². The first-order chi connectivity index (χ1) is 6.85. The molecule has 1 saturated heterocycles. The zero-order chi connectivity index (χ0) is 9.86. The summed E-state index contributed by atoms with van der Waals surface area (Å²) in [5, 5.41) is 18.8. The van der Waals surface area contributed by atoms with Crippen molar-refractivity contribution in [1.82, 2.24) is 14.9 Å². The average molecular weight is 213 g/mol. The number of aliphatic hydroxyl groups is 1. The van der Waals surface area contributed by atoms with Crippen molar-refractivity contribution in [1.29, 1.82) is 0 Å². The molecule has 78 valence electrons. The summed E-state index contributed by atoms with van der Waals surface area (Å²) in [6.45, 7) is 2.19. The number of rotatable bonds is 3. The topological polar surface area (TPSA) is 58.0 Å². The van der Waals surface area contributed by atoms with Gasteiger partial charge < -0.3 is 10.4 Å². The van der Waals surface area contributed by atoms with Crippen molar-refractivity contribution in [2.45, 2.75) is 19.3 Å². The molecule has 2 N–H and O–H groups in total. The highest BCUT2D eigenvalue weighted by Gasteiger charge is 2.32. The molecule has 1 fully saturated rings. The van der Waals surface area contributed by atoms with E-state index in [1.54, 1.807) is 0 Å². The molecule has 1 aromatic rings. The van der Waals surface area contributed by atoms with Crippen molar-refractivity contribution in [3.63, 3.8) is 0 Å². The lowest BCUT2D eigenvalue weighted by atomic mass is 9.78. The SMILES string of the molecule is OCC1(Cc2csnn2)CCCNC1. The number of aliphatic hydroxyl groups excluding tert-OH is 1. The summed E-state index contributed by atoms with van der Waals surface area (Å²) in [6, 6.07) is 0. The average Bonchev–Trinajstić information content (AvgIpc) is 2.72. The lowest BCUT2D eigenvalue weighted by Crippen LogP contribution is -2.44. The van der Waals surface area contributed by atoms with Crippen LogP contribution in [0.1, 0.15) is 18.5 Å². The maximum atomic E-state index is 9.46. The van der Waals surface area contributed by atoms with Crippen LogP contribution >= 0.6 is 11.5 Å². The minimum absolute atomic E-state index is 0.00595. The number of hydrogen-bond acceptors (Lipinski definition) is 5. The lowest BCUT2D eigenvalue weighted by molar-refractivity contribution is 0.0938. The summed E-state index contributed by atoms with van der Waals surface area (Å²) in [5.74, 6) is 0. The summed E-state index contributed by atoms with van der Waals surface area (Å²) in [6.07, 6.45) is 3.05. The second-order valence-corrected chi connectivity index (χ2v) is 4.62. The summed E-state index contributed by atoms with van der Waals surface area (Å²) < 4.78 is 3.84. The van der Waals surface area contributed by atoms with E-state index in [2.05, 4.69) is 14.9 Å². The molecule has 5 heteroatoms. The smallest absolute Gasteiger partial charge is 0.0762 e. The molecule has 4 nitrogen and oxygen atoms in total. The first-order valence-electron chi connectivity index (χ1n) is 4.92. The summed E-state index contributed by atoms with van der Waals surface area (Å²) in [4.78, 5) is 0. The minimum Gasteiger partial charge on any atom is -0.396 e. The van der Waals surface area contributed by atoms with Gasteiger partial charge in [-0.2, -0.15) is 0 Å². The van der Waals surface area contributed by atoms with Crippen molar-refractivity contribution in [3.8, 4) is 0 Å². The molecule has 2 rings (SSSR count). The van der Waals surface area contributed by atoms with Gasteiger partial charge in [-0.15, -0.1) is 5.10 Å². The van der Waals surface area contributed by atoms with Gasteiger partial charge in [0.15, 0.2) is 0 Å². The van der Waals surface area contributed by atoms with E-state index < -0.39 is 0 Å². The van der Waals surface area contributed by atoms with E-state index in [-0.39, 0.29) is 12.0 Å². The largest absolute Gasteiger partial charge is 0.396 e. The summed E-state index contributed by atoms with van der Waals surface area (Å²) in [5.41, 5.74) is 1.00. The third-order valence-electron chi connectivity index (χ3n) is 2.86. The van der Waals surface area contributed by atoms with Gasteiger partial charge in [0.2, 0.25) is 0 Å². The second-order valence-electron chi connectivity index (χ2n) is 4.01. The third-order valence-corrected chi connectivity index (χ3v) is 3.41. The predicted molar refractivity (Wildman–Crippen MR) is 55.2 cm³/mol. The fraction of sp³-hybridized carbons (Fsp3) is 0.778. The molecule has 2 heterocycles. The van der Waals surface area contributed by atoms with E-state index in [0.717, 1.165) is 38.0 Å². The van der Waals surface area contributed by atoms with Gasteiger partial charge in [-0.3, -0.25) is 0 Å². The molecular formula is C9H15N3OS. The highest BCUT2D eigenvalue weighted by molar-refractivity contribution is 7.03. The van der Waals surface area contributed by atoms with Crippen LogP contribution in [0.2, 0.25) is 0 Å². The van der Waals surface area contributed by atoms with Crippen molar-refractivity contribution < 1.29 is 5.11 Å². The Kier molecular flexibility index (Phi) is 3.10. The summed E-state index contributed by atoms with van der Waals surface area (Å²) in [7, 11) is 0. The summed E-state index contributed by atoms with van der Waals surface area (Å²) >= 11 is 1.37. The number of nitrogens with zero attached hydrogens (tertiary/aromatic N) is 2. The monoisotopic (exact) mass is 213 g/mol. The van der Waals surface area contributed by atoms with Crippen LogP contribution < -0.4 is 5.32 Å². The van der Waals surface area contributed by atoms with Gasteiger partial charge in [-0.25, -0.2) is 0 Å². The molecule has 0 aromatic carbocycles. The Bertz CT molecular complexity index is 270. The van der Waals surface area contributed by atoms with Gasteiger partial charge in [0.05, 0.1) is 12.3 Å². The molecule has 1 aromatic heterocycles. The second kappa shape index (κ2) is 4.33. The van der Waals surface area contributed by atoms with E-state index in [4.69, 9.17) is 0 Å². The van der Waals surface area contributed by atoms with E-state index in [1.807, 2.05) is 5.38 Å². The highest BCUT2D eigenvalue weighted by Crippen LogP contribution is 2.29. The molecule has 1 unspecified atom stereocenters. The number of piperidine rings is 1. The molecule has 1 aliphatic heterocycles. The lowest BCUT2D eigenvalue weighted by Gasteiger charge is -2.35. The van der Waals surface area contributed by atoms with Crippen LogP contribution in [0.4, 0.5) is 0 Å². The van der Waals surface area contributed by atoms with E-state index in [1.165, 1.54) is 11.5 Å². The Morgan fingerprint density at radius 1 is 1.64 bits per heavy atom. The van der Waals surface area contributed by atoms with Crippen LogP contribution in [-0.4, -0.2) is 34.4 Å². The van der Waals surface area contributed by atoms with E-state index >= 15 is 0 Å². The highest BCUT2D eigenvalue weighted by atomic mass is 32.1. The number of nitrogens with one attached hydrogen (secondary N) is 1. The first kappa shape index (κ1) is 10.0. The minimum atomic E-state index is -0.00595. The Morgan fingerprint density at radius 3 is 3.14 bits per heavy atom. The Morgan fingerprint density at radius 2 is 2.57 bits per heavy atom. The number of hydrogen-bond donors (Lipinski definition) is 2. The van der Waals surface area contributed by atoms with Crippen LogP contribution in [0.25, 0.3) is 0 Å². The Labute approximate surface area is 87.5 Å². The van der Waals surface area contributed by atoms with Gasteiger partial charge in [-0.05, 0) is 30.9 Å². The zero-order valence-electron chi connectivity index (χ0n) is 8.07. The molecule has 0 spiro atoms. The maximum Gasteiger partial charge on any atom is 0.0762 e. The maximum absolute atomic E-state index is 9.46. The molecule has 1 aliphatic rings. The molecule has 0 saturated carbocycles. The van der Waals surface area contributed by atoms with Crippen molar-refractivity contribution in [2.75, 3.05) is 19.7 Å². The molecule has 0 radical (unpaired) electrons. The van der Waals surface area contributed by atoms with Gasteiger partial charge >= 0.3 is 0 Å². The van der Waals surface area contributed by atoms with Gasteiger partial charge in [0.1, 0.15) is 0 Å². The molecule has 0 amide bonds. The molecular weight excluding hydrogens is 198 g/mol. The van der Waals surface area contributed by atoms with Crippen LogP contribution in [-0.2, 0) is 6.42 Å². The Balaban J connectivity index is 2.04. The van der Waals surface area contributed by atoms with Crippen LogP contribution in [0.15, 0.2) is 5.38 Å². The van der Waals surface area contributed by atoms with Crippen LogP contribution in [0.3, 0.4) is 0 Å². The molecule has 14 heavy (non-hydrogen) atoms. The van der Waals surface area contributed by atoms with Crippen LogP contribution in [0.5, 0.6) is 0 Å². The fourth-order valence-electron chi connectivity index (χ4n) is 2.02. The normalized spacial score (nSPS) is 27.8. The molecule has 1 atom stereocenters. The van der Waals surface area contributed by atoms with Gasteiger partial charge in [0.25, 0.3) is 0 Å².